The van der Waals surface area contributed by atoms with Gasteiger partial charge in [0.05, 0.1) is 36.0 Å². The van der Waals surface area contributed by atoms with Crippen molar-refractivity contribution in [3.8, 4) is 0 Å². The lowest BCUT2D eigenvalue weighted by atomic mass is 10.2. The maximum atomic E-state index is 11.6. The van der Waals surface area contributed by atoms with Crippen molar-refractivity contribution in [2.75, 3.05) is 0 Å². The van der Waals surface area contributed by atoms with Crippen molar-refractivity contribution in [2.24, 2.45) is 0 Å². The van der Waals surface area contributed by atoms with Crippen LogP contribution in [0.1, 0.15) is 21.7 Å². The summed E-state index contributed by atoms with van der Waals surface area (Å²) in [4.78, 5) is 19.6. The van der Waals surface area contributed by atoms with Gasteiger partial charge in [0.2, 0.25) is 0 Å². The summed E-state index contributed by atoms with van der Waals surface area (Å²) in [5, 5.41) is 8.81. The van der Waals surface area contributed by atoms with Crippen LogP contribution in [0.15, 0.2) is 42.7 Å². The van der Waals surface area contributed by atoms with Crippen LogP contribution in [-0.2, 0) is 18.0 Å². The molecule has 0 saturated carbocycles. The lowest BCUT2D eigenvalue weighted by Crippen LogP contribution is -2.06. The minimum absolute atomic E-state index is 0.0619. The summed E-state index contributed by atoms with van der Waals surface area (Å²) in [7, 11) is 0. The van der Waals surface area contributed by atoms with Crippen LogP contribution in [-0.4, -0.2) is 21.0 Å². The molecule has 18 heavy (non-hydrogen) atoms. The van der Waals surface area contributed by atoms with E-state index in [0.717, 1.165) is 0 Å². The lowest BCUT2D eigenvalue weighted by Gasteiger charge is -2.04. The summed E-state index contributed by atoms with van der Waals surface area (Å²) in [6, 6.07) is 8.74. The van der Waals surface area contributed by atoms with Crippen LogP contribution in [0.5, 0.6) is 0 Å². The fourth-order valence-corrected chi connectivity index (χ4v) is 1.33. The molecule has 0 unspecified atom stereocenters. The first-order valence-corrected chi connectivity index (χ1v) is 5.42. The van der Waals surface area contributed by atoms with Gasteiger partial charge < -0.3 is 9.84 Å². The number of nitrogens with zero attached hydrogens (tertiary/aromatic N) is 2. The molecule has 5 heteroatoms. The van der Waals surface area contributed by atoms with Gasteiger partial charge in [0.15, 0.2) is 0 Å². The van der Waals surface area contributed by atoms with Crippen LogP contribution < -0.4 is 0 Å². The molecule has 1 aromatic carbocycles. The summed E-state index contributed by atoms with van der Waals surface area (Å²) in [6.45, 7) is -0.0937. The number of aliphatic hydroxyl groups excluding tert-OH is 1. The minimum atomic E-state index is -0.399. The average molecular weight is 244 g/mol. The van der Waals surface area contributed by atoms with Gasteiger partial charge in [0.25, 0.3) is 0 Å². The van der Waals surface area contributed by atoms with Gasteiger partial charge in [-0.25, -0.2) is 4.79 Å². The molecular formula is C13H12N2O3. The lowest BCUT2D eigenvalue weighted by molar-refractivity contribution is 0.0467. The molecule has 0 aliphatic heterocycles. The number of hydrogen-bond acceptors (Lipinski definition) is 5. The van der Waals surface area contributed by atoms with E-state index in [4.69, 9.17) is 9.84 Å². The predicted molar refractivity (Wildman–Crippen MR) is 63.5 cm³/mol. The van der Waals surface area contributed by atoms with Crippen molar-refractivity contribution in [1.29, 1.82) is 0 Å². The van der Waals surface area contributed by atoms with Gasteiger partial charge in [-0.3, -0.25) is 9.97 Å². The number of benzene rings is 1. The summed E-state index contributed by atoms with van der Waals surface area (Å²) >= 11 is 0. The van der Waals surface area contributed by atoms with E-state index in [2.05, 4.69) is 9.97 Å². The molecule has 1 heterocycles. The van der Waals surface area contributed by atoms with Crippen molar-refractivity contribution < 1.29 is 14.6 Å². The van der Waals surface area contributed by atoms with Crippen LogP contribution >= 0.6 is 0 Å². The molecular weight excluding hydrogens is 232 g/mol. The number of rotatable bonds is 4. The van der Waals surface area contributed by atoms with Crippen LogP contribution in [0, 0.1) is 0 Å². The predicted octanol–water partition coefficient (Wildman–Crippen LogP) is 1.33. The first-order valence-electron chi connectivity index (χ1n) is 5.42. The fraction of sp³-hybridized carbons (Fsp3) is 0.154. The monoisotopic (exact) mass is 244 g/mol. The number of carbonyl (C=O) groups is 1. The van der Waals surface area contributed by atoms with E-state index in [-0.39, 0.29) is 13.2 Å². The van der Waals surface area contributed by atoms with Gasteiger partial charge in [-0.2, -0.15) is 0 Å². The molecule has 0 aliphatic carbocycles. The Kier molecular flexibility index (Phi) is 3.98. The maximum Gasteiger partial charge on any atom is 0.338 e. The molecule has 2 aromatic rings. The second-order valence-electron chi connectivity index (χ2n) is 3.60. The number of ether oxygens (including phenoxy) is 1. The first-order chi connectivity index (χ1) is 8.79. The highest BCUT2D eigenvalue weighted by molar-refractivity contribution is 5.89. The summed E-state index contributed by atoms with van der Waals surface area (Å²) in [6.07, 6.45) is 2.93. The van der Waals surface area contributed by atoms with Gasteiger partial charge in [0.1, 0.15) is 6.61 Å². The number of aliphatic hydroxyl groups is 1. The Morgan fingerprint density at radius 2 is 1.78 bits per heavy atom. The normalized spacial score (nSPS) is 10.1. The molecule has 1 N–H and O–H groups in total. The molecule has 0 radical (unpaired) electrons. The second kappa shape index (κ2) is 5.88. The largest absolute Gasteiger partial charge is 0.456 e. The Hall–Kier alpha value is -2.27. The van der Waals surface area contributed by atoms with Crippen molar-refractivity contribution in [2.45, 2.75) is 13.2 Å². The van der Waals surface area contributed by atoms with E-state index in [1.54, 1.807) is 24.3 Å². The smallest absolute Gasteiger partial charge is 0.338 e. The first kappa shape index (κ1) is 12.2. The highest BCUT2D eigenvalue weighted by Gasteiger charge is 2.06. The quantitative estimate of drug-likeness (QED) is 0.821. The van der Waals surface area contributed by atoms with Crippen molar-refractivity contribution in [1.82, 2.24) is 9.97 Å². The third kappa shape index (κ3) is 3.11. The molecule has 5 nitrogen and oxygen atoms in total. The highest BCUT2D eigenvalue weighted by Crippen LogP contribution is 2.04. The second-order valence-corrected chi connectivity index (χ2v) is 3.60. The highest BCUT2D eigenvalue weighted by atomic mass is 16.5. The van der Waals surface area contributed by atoms with Crippen LogP contribution in [0.4, 0.5) is 0 Å². The topological polar surface area (TPSA) is 72.3 Å². The fourth-order valence-electron chi connectivity index (χ4n) is 1.33. The third-order valence-corrected chi connectivity index (χ3v) is 2.28. The van der Waals surface area contributed by atoms with Crippen LogP contribution in [0.3, 0.4) is 0 Å². The Labute approximate surface area is 104 Å². The number of aromatic nitrogens is 2. The Morgan fingerprint density at radius 1 is 1.11 bits per heavy atom. The van der Waals surface area contributed by atoms with E-state index in [1.165, 1.54) is 12.4 Å². The zero-order valence-electron chi connectivity index (χ0n) is 9.61. The summed E-state index contributed by atoms with van der Waals surface area (Å²) in [5.74, 6) is -0.399. The van der Waals surface area contributed by atoms with Gasteiger partial charge in [-0.05, 0) is 12.1 Å². The van der Waals surface area contributed by atoms with Crippen molar-refractivity contribution >= 4 is 5.97 Å². The van der Waals surface area contributed by atoms with E-state index < -0.39 is 5.97 Å². The van der Waals surface area contributed by atoms with E-state index in [0.29, 0.717) is 17.0 Å². The van der Waals surface area contributed by atoms with Gasteiger partial charge in [-0.1, -0.05) is 18.2 Å². The maximum absolute atomic E-state index is 11.6. The Bertz CT molecular complexity index is 512. The van der Waals surface area contributed by atoms with E-state index in [9.17, 15) is 4.79 Å². The minimum Gasteiger partial charge on any atom is -0.456 e. The van der Waals surface area contributed by atoms with Gasteiger partial charge in [0, 0.05) is 0 Å². The molecule has 0 saturated heterocycles. The average Bonchev–Trinajstić information content (AvgIpc) is 2.46. The number of esters is 1. The molecule has 1 aromatic heterocycles. The number of carbonyl (C=O) groups excluding carboxylic acids is 1. The van der Waals surface area contributed by atoms with E-state index in [1.807, 2.05) is 6.07 Å². The number of hydrogen-bond donors (Lipinski definition) is 1. The molecule has 0 bridgehead atoms. The van der Waals surface area contributed by atoms with Crippen molar-refractivity contribution in [3.63, 3.8) is 0 Å². The molecule has 0 amide bonds. The van der Waals surface area contributed by atoms with Crippen LogP contribution in [0.25, 0.3) is 0 Å². The Morgan fingerprint density at radius 3 is 2.39 bits per heavy atom. The zero-order chi connectivity index (χ0) is 12.8. The molecule has 0 fully saturated rings. The van der Waals surface area contributed by atoms with E-state index >= 15 is 0 Å². The SMILES string of the molecule is O=C(OCc1cnc(CO)cn1)c1ccccc1. The molecule has 92 valence electrons. The van der Waals surface area contributed by atoms with Gasteiger partial charge >= 0.3 is 5.97 Å². The molecule has 0 spiro atoms. The van der Waals surface area contributed by atoms with Gasteiger partial charge in [-0.15, -0.1) is 0 Å². The standard InChI is InChI=1S/C13H12N2O3/c16-8-11-6-15-12(7-14-11)9-18-13(17)10-4-2-1-3-5-10/h1-7,16H,8-9H2. The third-order valence-electron chi connectivity index (χ3n) is 2.28. The molecule has 0 atom stereocenters. The molecule has 0 aliphatic rings. The van der Waals surface area contributed by atoms with Crippen LogP contribution in [0.2, 0.25) is 0 Å². The summed E-state index contributed by atoms with van der Waals surface area (Å²) in [5.41, 5.74) is 1.52. The molecule has 2 rings (SSSR count). The summed E-state index contributed by atoms with van der Waals surface area (Å²) < 4.78 is 5.08. The Balaban J connectivity index is 1.93. The van der Waals surface area contributed by atoms with Crippen molar-refractivity contribution in [3.05, 3.63) is 59.7 Å². The zero-order valence-corrected chi connectivity index (χ0v) is 9.61.